The molecule has 2 heterocycles. The van der Waals surface area contributed by atoms with Crippen molar-refractivity contribution in [2.24, 2.45) is 11.7 Å². The molecule has 96 valence electrons. The molecule has 0 spiro atoms. The average molecular weight is 238 g/mol. The number of aliphatic hydroxyl groups is 1. The van der Waals surface area contributed by atoms with Gasteiger partial charge in [-0.25, -0.2) is 4.98 Å². The molecule has 2 unspecified atom stereocenters. The summed E-state index contributed by atoms with van der Waals surface area (Å²) in [6, 6.07) is 0.0296. The summed E-state index contributed by atoms with van der Waals surface area (Å²) >= 11 is 0. The molecule has 0 amide bonds. The van der Waals surface area contributed by atoms with Crippen molar-refractivity contribution in [3.8, 4) is 0 Å². The number of fused-ring (bicyclic) bond motifs is 1. The molecule has 2 rings (SSSR count). The lowest BCUT2D eigenvalue weighted by molar-refractivity contribution is 0.0690. The van der Waals surface area contributed by atoms with Crippen molar-refractivity contribution in [3.05, 3.63) is 18.2 Å². The van der Waals surface area contributed by atoms with Crippen LogP contribution in [0, 0.1) is 5.92 Å². The van der Waals surface area contributed by atoms with Gasteiger partial charge in [0.25, 0.3) is 0 Å². The quantitative estimate of drug-likeness (QED) is 0.777. The molecule has 5 heteroatoms. The van der Waals surface area contributed by atoms with Gasteiger partial charge in [0.05, 0.1) is 13.2 Å². The van der Waals surface area contributed by atoms with E-state index in [4.69, 9.17) is 5.73 Å². The molecule has 0 bridgehead atoms. The van der Waals surface area contributed by atoms with E-state index >= 15 is 0 Å². The van der Waals surface area contributed by atoms with E-state index in [0.717, 1.165) is 25.5 Å². The third kappa shape index (κ3) is 2.51. The van der Waals surface area contributed by atoms with Crippen molar-refractivity contribution in [2.75, 3.05) is 13.2 Å². The first kappa shape index (κ1) is 12.5. The van der Waals surface area contributed by atoms with Crippen LogP contribution in [-0.4, -0.2) is 44.8 Å². The number of hydrogen-bond acceptors (Lipinski definition) is 4. The van der Waals surface area contributed by atoms with Crippen LogP contribution in [0.2, 0.25) is 0 Å². The van der Waals surface area contributed by atoms with Crippen LogP contribution in [0.25, 0.3) is 0 Å². The van der Waals surface area contributed by atoms with Gasteiger partial charge in [-0.05, 0) is 5.92 Å². The monoisotopic (exact) mass is 238 g/mol. The first-order valence-corrected chi connectivity index (χ1v) is 6.24. The summed E-state index contributed by atoms with van der Waals surface area (Å²) < 4.78 is 2.16. The fraction of sp³-hybridized carbons (Fsp3) is 0.750. The molecule has 17 heavy (non-hydrogen) atoms. The molecule has 0 saturated heterocycles. The van der Waals surface area contributed by atoms with Crippen LogP contribution >= 0.6 is 0 Å². The number of nitrogens with two attached hydrogens (primary N) is 1. The summed E-state index contributed by atoms with van der Waals surface area (Å²) in [7, 11) is 0. The van der Waals surface area contributed by atoms with Crippen LogP contribution < -0.4 is 5.73 Å². The van der Waals surface area contributed by atoms with Crippen molar-refractivity contribution >= 4 is 0 Å². The van der Waals surface area contributed by atoms with Crippen LogP contribution in [0.4, 0.5) is 0 Å². The van der Waals surface area contributed by atoms with Crippen molar-refractivity contribution in [2.45, 2.75) is 39.0 Å². The molecular weight excluding hydrogens is 216 g/mol. The van der Waals surface area contributed by atoms with E-state index in [9.17, 15) is 5.11 Å². The Morgan fingerprint density at radius 1 is 1.47 bits per heavy atom. The van der Waals surface area contributed by atoms with Crippen molar-refractivity contribution in [1.29, 1.82) is 0 Å². The second-order valence-electron chi connectivity index (χ2n) is 5.08. The summed E-state index contributed by atoms with van der Waals surface area (Å²) in [5.41, 5.74) is 6.17. The Bertz CT molecular complexity index is 363. The number of hydrogen-bond donors (Lipinski definition) is 2. The van der Waals surface area contributed by atoms with Gasteiger partial charge in [0, 0.05) is 37.6 Å². The van der Waals surface area contributed by atoms with E-state index in [1.807, 2.05) is 12.4 Å². The van der Waals surface area contributed by atoms with Gasteiger partial charge in [-0.2, -0.15) is 0 Å². The summed E-state index contributed by atoms with van der Waals surface area (Å²) in [5.74, 6) is 1.43. The van der Waals surface area contributed by atoms with E-state index in [-0.39, 0.29) is 18.7 Å². The number of aromatic nitrogens is 2. The molecule has 0 fully saturated rings. The number of aliphatic hydroxyl groups excluding tert-OH is 1. The first-order valence-electron chi connectivity index (χ1n) is 6.24. The summed E-state index contributed by atoms with van der Waals surface area (Å²) in [6.07, 6.45) is 3.83. The van der Waals surface area contributed by atoms with Crippen LogP contribution in [0.15, 0.2) is 12.4 Å². The highest BCUT2D eigenvalue weighted by molar-refractivity contribution is 4.98. The lowest BCUT2D eigenvalue weighted by Crippen LogP contribution is -2.54. The summed E-state index contributed by atoms with van der Waals surface area (Å²) in [5, 5.41) is 9.55. The zero-order valence-corrected chi connectivity index (χ0v) is 10.6. The zero-order valence-electron chi connectivity index (χ0n) is 10.6. The minimum atomic E-state index is 0.00140. The lowest BCUT2D eigenvalue weighted by atomic mass is 9.96. The fourth-order valence-electron chi connectivity index (χ4n) is 2.40. The van der Waals surface area contributed by atoms with Gasteiger partial charge in [0.15, 0.2) is 0 Å². The van der Waals surface area contributed by atoms with Gasteiger partial charge >= 0.3 is 0 Å². The second-order valence-corrected chi connectivity index (χ2v) is 5.08. The number of rotatable bonds is 4. The average Bonchev–Trinajstić information content (AvgIpc) is 2.77. The maximum absolute atomic E-state index is 9.55. The van der Waals surface area contributed by atoms with Gasteiger partial charge in [0.2, 0.25) is 0 Å². The molecule has 0 saturated carbocycles. The van der Waals surface area contributed by atoms with E-state index in [1.165, 1.54) is 0 Å². The standard InChI is InChI=1S/C12H22N4O/c1-9(2)12(13)10(8-17)16-6-5-15-4-3-14-11(15)7-16/h3-4,9-10,12,17H,5-8,13H2,1-2H3. The molecule has 3 N–H and O–H groups in total. The van der Waals surface area contributed by atoms with Crippen LogP contribution in [0.5, 0.6) is 0 Å². The Morgan fingerprint density at radius 3 is 2.88 bits per heavy atom. The molecule has 2 atom stereocenters. The Morgan fingerprint density at radius 2 is 2.24 bits per heavy atom. The van der Waals surface area contributed by atoms with Crippen molar-refractivity contribution in [1.82, 2.24) is 14.5 Å². The molecule has 5 nitrogen and oxygen atoms in total. The molecule has 0 aromatic carbocycles. The van der Waals surface area contributed by atoms with Gasteiger partial charge in [0.1, 0.15) is 5.82 Å². The fourth-order valence-corrected chi connectivity index (χ4v) is 2.40. The van der Waals surface area contributed by atoms with Crippen molar-refractivity contribution < 1.29 is 5.11 Å². The Kier molecular flexibility index (Phi) is 3.81. The highest BCUT2D eigenvalue weighted by atomic mass is 16.3. The zero-order chi connectivity index (χ0) is 12.4. The van der Waals surface area contributed by atoms with E-state index in [2.05, 4.69) is 28.3 Å². The topological polar surface area (TPSA) is 67.3 Å². The number of imidazole rings is 1. The molecular formula is C12H22N4O. The SMILES string of the molecule is CC(C)C(N)C(CO)N1CCn2ccnc2C1. The predicted octanol–water partition coefficient (Wildman–Crippen LogP) is 0.0429. The first-order chi connectivity index (χ1) is 8.13. The van der Waals surface area contributed by atoms with E-state index in [1.54, 1.807) is 0 Å². The highest BCUT2D eigenvalue weighted by Gasteiger charge is 2.29. The van der Waals surface area contributed by atoms with Crippen molar-refractivity contribution in [3.63, 3.8) is 0 Å². The maximum atomic E-state index is 9.55. The van der Waals surface area contributed by atoms with E-state index < -0.39 is 0 Å². The molecule has 0 aliphatic carbocycles. The Labute approximate surface area is 102 Å². The molecule has 1 aromatic heterocycles. The second kappa shape index (κ2) is 5.16. The molecule has 1 aliphatic rings. The van der Waals surface area contributed by atoms with Gasteiger partial charge in [-0.3, -0.25) is 4.90 Å². The minimum absolute atomic E-state index is 0.00140. The maximum Gasteiger partial charge on any atom is 0.122 e. The third-order valence-electron chi connectivity index (χ3n) is 3.64. The largest absolute Gasteiger partial charge is 0.395 e. The van der Waals surface area contributed by atoms with E-state index in [0.29, 0.717) is 5.92 Å². The molecule has 1 aromatic rings. The lowest BCUT2D eigenvalue weighted by Gasteiger charge is -2.38. The van der Waals surface area contributed by atoms with Gasteiger partial charge < -0.3 is 15.4 Å². The van der Waals surface area contributed by atoms with Gasteiger partial charge in [-0.15, -0.1) is 0 Å². The Balaban J connectivity index is 2.08. The normalized spacial score (nSPS) is 20.3. The molecule has 1 aliphatic heterocycles. The summed E-state index contributed by atoms with van der Waals surface area (Å²) in [6.45, 7) is 6.93. The molecule has 0 radical (unpaired) electrons. The predicted molar refractivity (Wildman–Crippen MR) is 66.3 cm³/mol. The Hall–Kier alpha value is -0.910. The minimum Gasteiger partial charge on any atom is -0.395 e. The smallest absolute Gasteiger partial charge is 0.122 e. The van der Waals surface area contributed by atoms with Crippen LogP contribution in [0.1, 0.15) is 19.7 Å². The summed E-state index contributed by atoms with van der Waals surface area (Å²) in [4.78, 5) is 6.57. The van der Waals surface area contributed by atoms with Crippen LogP contribution in [0.3, 0.4) is 0 Å². The number of nitrogens with zero attached hydrogens (tertiary/aromatic N) is 3. The third-order valence-corrected chi connectivity index (χ3v) is 3.64. The van der Waals surface area contributed by atoms with Crippen LogP contribution in [-0.2, 0) is 13.1 Å². The highest BCUT2D eigenvalue weighted by Crippen LogP contribution is 2.17. The van der Waals surface area contributed by atoms with Gasteiger partial charge in [-0.1, -0.05) is 13.8 Å².